The van der Waals surface area contributed by atoms with Crippen LogP contribution in [-0.4, -0.2) is 34.3 Å². The van der Waals surface area contributed by atoms with E-state index in [2.05, 4.69) is 10.4 Å². The summed E-state index contributed by atoms with van der Waals surface area (Å²) < 4.78 is 6.73. The van der Waals surface area contributed by atoms with Crippen LogP contribution in [0.2, 0.25) is 0 Å². The molecular formula is C16H25N3O3. The van der Waals surface area contributed by atoms with Crippen molar-refractivity contribution in [2.45, 2.75) is 64.5 Å². The third-order valence-electron chi connectivity index (χ3n) is 4.69. The first-order valence-electron chi connectivity index (χ1n) is 7.88. The van der Waals surface area contributed by atoms with Crippen LogP contribution in [-0.2, 0) is 9.53 Å². The summed E-state index contributed by atoms with van der Waals surface area (Å²) in [7, 11) is 1.33. The zero-order chi connectivity index (χ0) is 16.3. The summed E-state index contributed by atoms with van der Waals surface area (Å²) in [5, 5.41) is 7.17. The molecule has 1 amide bonds. The van der Waals surface area contributed by atoms with E-state index in [1.54, 1.807) is 13.1 Å². The van der Waals surface area contributed by atoms with E-state index >= 15 is 0 Å². The molecule has 22 heavy (non-hydrogen) atoms. The first-order chi connectivity index (χ1) is 10.4. The fraction of sp³-hybridized carbons (Fsp3) is 0.688. The maximum atomic E-state index is 12.5. The second-order valence-electron chi connectivity index (χ2n) is 6.16. The van der Waals surface area contributed by atoms with Crippen LogP contribution in [0.3, 0.4) is 0 Å². The van der Waals surface area contributed by atoms with Gasteiger partial charge in [-0.2, -0.15) is 5.10 Å². The molecule has 1 fully saturated rings. The SMILES string of the molecule is CCC(C)(NC(=O)c1cnn(C2CCCC2)c1C)C(=O)OC. The minimum atomic E-state index is -1.02. The highest BCUT2D eigenvalue weighted by Crippen LogP contribution is 2.30. The van der Waals surface area contributed by atoms with E-state index in [1.165, 1.54) is 20.0 Å². The number of amides is 1. The summed E-state index contributed by atoms with van der Waals surface area (Å²) in [5.74, 6) is -0.722. The lowest BCUT2D eigenvalue weighted by molar-refractivity contribution is -0.147. The maximum absolute atomic E-state index is 12.5. The predicted molar refractivity (Wildman–Crippen MR) is 82.6 cm³/mol. The van der Waals surface area contributed by atoms with Crippen molar-refractivity contribution in [1.82, 2.24) is 15.1 Å². The van der Waals surface area contributed by atoms with Crippen LogP contribution in [0.25, 0.3) is 0 Å². The van der Waals surface area contributed by atoms with Gasteiger partial charge in [-0.1, -0.05) is 19.8 Å². The molecule has 6 heteroatoms. The first kappa shape index (κ1) is 16.5. The van der Waals surface area contributed by atoms with E-state index in [4.69, 9.17) is 4.74 Å². The molecule has 0 spiro atoms. The van der Waals surface area contributed by atoms with Gasteiger partial charge in [0, 0.05) is 5.69 Å². The lowest BCUT2D eigenvalue weighted by Crippen LogP contribution is -2.52. The average molecular weight is 307 g/mol. The summed E-state index contributed by atoms with van der Waals surface area (Å²) in [6, 6.07) is 0.389. The van der Waals surface area contributed by atoms with Gasteiger partial charge in [-0.05, 0) is 33.1 Å². The molecule has 1 aromatic rings. The van der Waals surface area contributed by atoms with Gasteiger partial charge in [-0.15, -0.1) is 0 Å². The van der Waals surface area contributed by atoms with E-state index in [0.717, 1.165) is 18.5 Å². The normalized spacial score (nSPS) is 18.0. The van der Waals surface area contributed by atoms with E-state index < -0.39 is 11.5 Å². The maximum Gasteiger partial charge on any atom is 0.331 e. The summed E-state index contributed by atoms with van der Waals surface area (Å²) in [6.07, 6.45) is 6.69. The van der Waals surface area contributed by atoms with Crippen molar-refractivity contribution in [3.8, 4) is 0 Å². The second kappa shape index (κ2) is 6.50. The first-order valence-corrected chi connectivity index (χ1v) is 7.88. The summed E-state index contributed by atoms with van der Waals surface area (Å²) in [5.41, 5.74) is 0.358. The Balaban J connectivity index is 2.18. The molecule has 1 unspecified atom stereocenters. The number of rotatable bonds is 5. The number of methoxy groups -OCH3 is 1. The average Bonchev–Trinajstić information content (AvgIpc) is 3.15. The largest absolute Gasteiger partial charge is 0.467 e. The zero-order valence-corrected chi connectivity index (χ0v) is 13.8. The van der Waals surface area contributed by atoms with E-state index in [9.17, 15) is 9.59 Å². The van der Waals surface area contributed by atoms with Gasteiger partial charge in [-0.25, -0.2) is 4.79 Å². The molecule has 1 atom stereocenters. The molecule has 0 bridgehead atoms. The molecule has 6 nitrogen and oxygen atoms in total. The van der Waals surface area contributed by atoms with Gasteiger partial charge < -0.3 is 10.1 Å². The van der Waals surface area contributed by atoms with Crippen molar-refractivity contribution >= 4 is 11.9 Å². The number of carbonyl (C=O) groups is 2. The Morgan fingerprint density at radius 1 is 1.45 bits per heavy atom. The Kier molecular flexibility index (Phi) is 4.88. The zero-order valence-electron chi connectivity index (χ0n) is 13.8. The Bertz CT molecular complexity index is 561. The number of aromatic nitrogens is 2. The number of nitrogens with one attached hydrogen (secondary N) is 1. The number of esters is 1. The molecule has 1 N–H and O–H groups in total. The van der Waals surface area contributed by atoms with Gasteiger partial charge in [0.25, 0.3) is 5.91 Å². The van der Waals surface area contributed by atoms with Crippen LogP contribution in [0.5, 0.6) is 0 Å². The standard InChI is InChI=1S/C16H25N3O3/c1-5-16(3,15(21)22-4)18-14(20)13-10-17-19(11(13)2)12-8-6-7-9-12/h10,12H,5-9H2,1-4H3,(H,18,20). The van der Waals surface area contributed by atoms with Crippen molar-refractivity contribution in [2.75, 3.05) is 7.11 Å². The van der Waals surface area contributed by atoms with E-state index in [-0.39, 0.29) is 5.91 Å². The highest BCUT2D eigenvalue weighted by atomic mass is 16.5. The van der Waals surface area contributed by atoms with Gasteiger partial charge in [0.05, 0.1) is 24.9 Å². The smallest absolute Gasteiger partial charge is 0.331 e. The van der Waals surface area contributed by atoms with Crippen molar-refractivity contribution < 1.29 is 14.3 Å². The summed E-state index contributed by atoms with van der Waals surface area (Å²) in [4.78, 5) is 24.4. The molecule has 1 aliphatic carbocycles. The quantitative estimate of drug-likeness (QED) is 0.848. The van der Waals surface area contributed by atoms with Crippen molar-refractivity contribution in [1.29, 1.82) is 0 Å². The highest BCUT2D eigenvalue weighted by molar-refractivity contribution is 5.98. The minimum absolute atomic E-state index is 0.281. The van der Waals surface area contributed by atoms with Crippen LogP contribution >= 0.6 is 0 Å². The molecule has 122 valence electrons. The van der Waals surface area contributed by atoms with Crippen molar-refractivity contribution in [2.24, 2.45) is 0 Å². The fourth-order valence-electron chi connectivity index (χ4n) is 2.99. The van der Waals surface area contributed by atoms with Crippen LogP contribution in [0.1, 0.15) is 68.0 Å². The van der Waals surface area contributed by atoms with Crippen LogP contribution in [0.4, 0.5) is 0 Å². The molecule has 0 saturated heterocycles. The molecule has 1 heterocycles. The van der Waals surface area contributed by atoms with Gasteiger partial charge >= 0.3 is 5.97 Å². The second-order valence-corrected chi connectivity index (χ2v) is 6.16. The van der Waals surface area contributed by atoms with E-state index in [1.807, 2.05) is 18.5 Å². The Hall–Kier alpha value is -1.85. The molecule has 1 saturated carbocycles. The van der Waals surface area contributed by atoms with Gasteiger partial charge in [0.2, 0.25) is 0 Å². The lowest BCUT2D eigenvalue weighted by atomic mass is 9.98. The van der Waals surface area contributed by atoms with Gasteiger partial charge in [-0.3, -0.25) is 9.48 Å². The predicted octanol–water partition coefficient (Wildman–Crippen LogP) is 2.38. The van der Waals surface area contributed by atoms with Crippen LogP contribution < -0.4 is 5.32 Å². The third kappa shape index (κ3) is 3.00. The number of nitrogens with zero attached hydrogens (tertiary/aromatic N) is 2. The highest BCUT2D eigenvalue weighted by Gasteiger charge is 2.35. The van der Waals surface area contributed by atoms with Crippen molar-refractivity contribution in [3.63, 3.8) is 0 Å². The Morgan fingerprint density at radius 2 is 2.09 bits per heavy atom. The molecule has 0 aromatic carbocycles. The van der Waals surface area contributed by atoms with Crippen LogP contribution in [0.15, 0.2) is 6.20 Å². The number of carbonyl (C=O) groups excluding carboxylic acids is 2. The minimum Gasteiger partial charge on any atom is -0.467 e. The Morgan fingerprint density at radius 3 is 2.64 bits per heavy atom. The molecule has 1 aliphatic rings. The fourth-order valence-corrected chi connectivity index (χ4v) is 2.99. The van der Waals surface area contributed by atoms with Gasteiger partial charge in [0.15, 0.2) is 0 Å². The summed E-state index contributed by atoms with van der Waals surface area (Å²) >= 11 is 0. The lowest BCUT2D eigenvalue weighted by Gasteiger charge is -2.26. The van der Waals surface area contributed by atoms with Crippen LogP contribution in [0, 0.1) is 6.92 Å². The molecule has 0 radical (unpaired) electrons. The van der Waals surface area contributed by atoms with Crippen molar-refractivity contribution in [3.05, 3.63) is 17.5 Å². The third-order valence-corrected chi connectivity index (χ3v) is 4.69. The number of hydrogen-bond acceptors (Lipinski definition) is 4. The topological polar surface area (TPSA) is 73.2 Å². The molecule has 0 aliphatic heterocycles. The number of hydrogen-bond donors (Lipinski definition) is 1. The molecule has 1 aromatic heterocycles. The summed E-state index contributed by atoms with van der Waals surface area (Å²) in [6.45, 7) is 5.42. The van der Waals surface area contributed by atoms with Gasteiger partial charge in [0.1, 0.15) is 5.54 Å². The number of ether oxygens (including phenoxy) is 1. The van der Waals surface area contributed by atoms with E-state index in [0.29, 0.717) is 18.0 Å². The monoisotopic (exact) mass is 307 g/mol. The Labute approximate surface area is 131 Å². The molecular weight excluding hydrogens is 282 g/mol. The molecule has 2 rings (SSSR count).